The first-order valence-electron chi connectivity index (χ1n) is 7.73. The first-order valence-corrected chi connectivity index (χ1v) is 10.7. The fourth-order valence-electron chi connectivity index (χ4n) is 2.35. The number of rotatable bonds is 5. The third kappa shape index (κ3) is 3.67. The van der Waals surface area contributed by atoms with Crippen molar-refractivity contribution in [2.75, 3.05) is 13.1 Å². The Hall–Kier alpha value is -2.17. The number of nitrogens with one attached hydrogen (secondary N) is 1. The predicted molar refractivity (Wildman–Crippen MR) is 96.3 cm³/mol. The molecule has 1 fully saturated rings. The topological polar surface area (TPSA) is 101 Å². The van der Waals surface area contributed by atoms with Crippen LogP contribution in [0.4, 0.5) is 0 Å². The van der Waals surface area contributed by atoms with Gasteiger partial charge < -0.3 is 0 Å². The summed E-state index contributed by atoms with van der Waals surface area (Å²) < 4.78 is 52.9. The molecule has 0 saturated carbocycles. The molecule has 0 unspecified atom stereocenters. The van der Waals surface area contributed by atoms with Crippen molar-refractivity contribution in [2.24, 2.45) is 0 Å². The molecule has 7 nitrogen and oxygen atoms in total. The maximum Gasteiger partial charge on any atom is 0.264 e. The molecule has 0 aromatic heterocycles. The molecule has 1 aliphatic heterocycles. The molecule has 0 bridgehead atoms. The van der Waals surface area contributed by atoms with Crippen molar-refractivity contribution in [2.45, 2.75) is 16.2 Å². The van der Waals surface area contributed by atoms with Gasteiger partial charge in [-0.1, -0.05) is 35.8 Å². The number of benzene rings is 2. The number of hydrogen-bond donors (Lipinski definition) is 1. The summed E-state index contributed by atoms with van der Waals surface area (Å²) in [5, 5.41) is 0. The van der Waals surface area contributed by atoms with Crippen LogP contribution < -0.4 is 10.2 Å². The highest BCUT2D eigenvalue weighted by Crippen LogP contribution is 2.23. The summed E-state index contributed by atoms with van der Waals surface area (Å²) >= 11 is 0. The molecule has 1 saturated heterocycles. The molecule has 26 heavy (non-hydrogen) atoms. The Balaban J connectivity index is 1.86. The largest absolute Gasteiger partial charge is 0.268 e. The molecule has 1 N–H and O–H groups in total. The smallest absolute Gasteiger partial charge is 0.264 e. The molecule has 0 spiro atoms. The summed E-state index contributed by atoms with van der Waals surface area (Å²) in [4.78, 5) is 11.7. The van der Waals surface area contributed by atoms with Gasteiger partial charge in [-0.05, 0) is 24.6 Å². The van der Waals surface area contributed by atoms with Crippen molar-refractivity contribution >= 4 is 39.3 Å². The van der Waals surface area contributed by atoms with Gasteiger partial charge in [0.25, 0.3) is 15.9 Å². The molecule has 134 valence electrons. The minimum atomic E-state index is -4.23. The van der Waals surface area contributed by atoms with Gasteiger partial charge >= 0.3 is 0 Å². The van der Waals surface area contributed by atoms with Gasteiger partial charge in [-0.3, -0.25) is 4.79 Å². The van der Waals surface area contributed by atoms with Crippen LogP contribution in [-0.4, -0.2) is 48.0 Å². The van der Waals surface area contributed by atoms with Crippen LogP contribution in [0.3, 0.4) is 0 Å². The van der Waals surface area contributed by atoms with E-state index in [9.17, 15) is 21.6 Å². The normalized spacial score (nSPS) is 15.2. The average Bonchev–Trinajstić information content (AvgIpc) is 2.53. The Morgan fingerprint density at radius 1 is 0.962 bits per heavy atom. The van der Waals surface area contributed by atoms with Crippen LogP contribution in [0.5, 0.6) is 0 Å². The third-order valence-electron chi connectivity index (χ3n) is 3.97. The standard InChI is InChI=1S/C16H15BN2O5S2/c17-13-7-5-12(6-8-13)16(20)18-25(21,22)14-3-1-4-15(11-14)26(23,24)19-9-2-10-19/h1,3-8,11H,2,9-10H2,(H,18,20). The number of carbonyl (C=O) groups excluding carboxylic acids is 1. The van der Waals surface area contributed by atoms with Gasteiger partial charge in [-0.2, -0.15) is 4.31 Å². The second-order valence-electron chi connectivity index (χ2n) is 5.79. The van der Waals surface area contributed by atoms with Crippen LogP contribution >= 0.6 is 0 Å². The minimum absolute atomic E-state index is 0.118. The quantitative estimate of drug-likeness (QED) is 0.724. The lowest BCUT2D eigenvalue weighted by Gasteiger charge is -2.29. The Bertz CT molecular complexity index is 1050. The van der Waals surface area contributed by atoms with Crippen LogP contribution in [0.1, 0.15) is 16.8 Å². The summed E-state index contributed by atoms with van der Waals surface area (Å²) in [6, 6.07) is 10.7. The molecule has 1 aliphatic rings. The zero-order valence-electron chi connectivity index (χ0n) is 13.6. The predicted octanol–water partition coefficient (Wildman–Crippen LogP) is -0.00650. The maximum absolute atomic E-state index is 12.5. The van der Waals surface area contributed by atoms with E-state index < -0.39 is 26.0 Å². The van der Waals surface area contributed by atoms with E-state index in [-0.39, 0.29) is 15.4 Å². The number of hydrogen-bond acceptors (Lipinski definition) is 5. The van der Waals surface area contributed by atoms with E-state index >= 15 is 0 Å². The van der Waals surface area contributed by atoms with Gasteiger partial charge in [0.15, 0.2) is 0 Å². The molecular formula is C16H15BN2O5S2. The van der Waals surface area contributed by atoms with Gasteiger partial charge in [0.2, 0.25) is 10.0 Å². The SMILES string of the molecule is [B]c1ccc(C(=O)NS(=O)(=O)c2cccc(S(=O)(=O)N3CCC3)c2)cc1. The molecule has 3 rings (SSSR count). The second-order valence-corrected chi connectivity index (χ2v) is 9.41. The number of nitrogens with zero attached hydrogens (tertiary/aromatic N) is 1. The number of sulfonamides is 2. The lowest BCUT2D eigenvalue weighted by Crippen LogP contribution is -2.42. The van der Waals surface area contributed by atoms with E-state index in [4.69, 9.17) is 7.85 Å². The lowest BCUT2D eigenvalue weighted by molar-refractivity contribution is 0.0981. The van der Waals surface area contributed by atoms with Crippen molar-refractivity contribution in [1.29, 1.82) is 0 Å². The molecule has 1 heterocycles. The highest BCUT2D eigenvalue weighted by atomic mass is 32.2. The van der Waals surface area contributed by atoms with E-state index in [0.29, 0.717) is 18.6 Å². The lowest BCUT2D eigenvalue weighted by atomic mass is 9.95. The Kier molecular flexibility index (Phi) is 4.91. The van der Waals surface area contributed by atoms with Gasteiger partial charge in [-0.25, -0.2) is 21.6 Å². The van der Waals surface area contributed by atoms with Crippen molar-refractivity contribution in [3.05, 3.63) is 54.1 Å². The van der Waals surface area contributed by atoms with E-state index in [1.807, 2.05) is 4.72 Å². The zero-order valence-corrected chi connectivity index (χ0v) is 15.3. The fourth-order valence-corrected chi connectivity index (χ4v) is 5.01. The maximum atomic E-state index is 12.5. The van der Waals surface area contributed by atoms with Gasteiger partial charge in [0, 0.05) is 18.7 Å². The Morgan fingerprint density at radius 3 is 2.15 bits per heavy atom. The van der Waals surface area contributed by atoms with E-state index in [1.165, 1.54) is 46.8 Å². The van der Waals surface area contributed by atoms with Crippen molar-refractivity contribution in [3.63, 3.8) is 0 Å². The number of carbonyl (C=O) groups is 1. The summed E-state index contributed by atoms with van der Waals surface area (Å²) in [6.07, 6.45) is 0.773. The minimum Gasteiger partial charge on any atom is -0.268 e. The van der Waals surface area contributed by atoms with E-state index in [2.05, 4.69) is 0 Å². The number of amides is 1. The van der Waals surface area contributed by atoms with Crippen LogP contribution in [0.2, 0.25) is 0 Å². The second kappa shape index (κ2) is 6.86. The molecule has 2 radical (unpaired) electrons. The molecule has 2 aromatic rings. The highest BCUT2D eigenvalue weighted by Gasteiger charge is 2.30. The van der Waals surface area contributed by atoms with Crippen molar-refractivity contribution < 1.29 is 21.6 Å². The molecule has 0 atom stereocenters. The zero-order chi connectivity index (χ0) is 18.9. The average molecular weight is 390 g/mol. The first kappa shape index (κ1) is 18.6. The van der Waals surface area contributed by atoms with Crippen LogP contribution in [0, 0.1) is 0 Å². The monoisotopic (exact) mass is 390 g/mol. The van der Waals surface area contributed by atoms with Gasteiger partial charge in [-0.15, -0.1) is 0 Å². The summed E-state index contributed by atoms with van der Waals surface area (Å²) in [5.74, 6) is -0.832. The van der Waals surface area contributed by atoms with Crippen molar-refractivity contribution in [3.8, 4) is 0 Å². The Labute approximate surface area is 153 Å². The summed E-state index contributed by atoms with van der Waals surface area (Å²) in [6.45, 7) is 0.820. The van der Waals surface area contributed by atoms with Crippen molar-refractivity contribution in [1.82, 2.24) is 9.03 Å². The van der Waals surface area contributed by atoms with Crippen LogP contribution in [0.15, 0.2) is 58.3 Å². The highest BCUT2D eigenvalue weighted by molar-refractivity contribution is 7.90. The van der Waals surface area contributed by atoms with E-state index in [1.54, 1.807) is 0 Å². The fraction of sp³-hybridized carbons (Fsp3) is 0.188. The molecule has 10 heteroatoms. The third-order valence-corrected chi connectivity index (χ3v) is 7.19. The van der Waals surface area contributed by atoms with E-state index in [0.717, 1.165) is 12.5 Å². The first-order chi connectivity index (χ1) is 12.2. The molecule has 2 aromatic carbocycles. The summed E-state index contributed by atoms with van der Waals surface area (Å²) in [7, 11) is -2.42. The molecular weight excluding hydrogens is 375 g/mol. The summed E-state index contributed by atoms with van der Waals surface area (Å²) in [5.41, 5.74) is 0.556. The van der Waals surface area contributed by atoms with Crippen LogP contribution in [0.25, 0.3) is 0 Å². The van der Waals surface area contributed by atoms with Crippen LogP contribution in [-0.2, 0) is 20.0 Å². The van der Waals surface area contributed by atoms with Gasteiger partial charge in [0.05, 0.1) is 9.79 Å². The Morgan fingerprint density at radius 2 is 1.58 bits per heavy atom. The van der Waals surface area contributed by atoms with Gasteiger partial charge in [0.1, 0.15) is 7.85 Å². The molecule has 1 amide bonds. The molecule has 0 aliphatic carbocycles.